The lowest BCUT2D eigenvalue weighted by Crippen LogP contribution is -2.58. The summed E-state index contributed by atoms with van der Waals surface area (Å²) in [6, 6.07) is 0. The number of carbonyl (C=O) groups is 1. The maximum absolute atomic E-state index is 12.6. The zero-order valence-electron chi connectivity index (χ0n) is 14.5. The van der Waals surface area contributed by atoms with E-state index in [0.717, 1.165) is 12.8 Å². The lowest BCUT2D eigenvalue weighted by molar-refractivity contribution is -0.154. The van der Waals surface area contributed by atoms with E-state index in [0.29, 0.717) is 17.1 Å². The van der Waals surface area contributed by atoms with E-state index < -0.39 is 8.32 Å². The van der Waals surface area contributed by atoms with Gasteiger partial charge >= 0.3 is 0 Å². The molecule has 0 amide bonds. The van der Waals surface area contributed by atoms with Crippen LogP contribution < -0.4 is 0 Å². The highest BCUT2D eigenvalue weighted by atomic mass is 28.4. The summed E-state index contributed by atoms with van der Waals surface area (Å²) in [5, 5.41) is 0.216. The molecule has 0 aromatic heterocycles. The van der Waals surface area contributed by atoms with Crippen molar-refractivity contribution in [3.63, 3.8) is 0 Å². The molecule has 0 heterocycles. The van der Waals surface area contributed by atoms with E-state index in [9.17, 15) is 4.79 Å². The molecular formula is C17H32O2Si. The number of Topliss-reactive ketones (excluding diaryl/α,β-unsaturated/α-hetero) is 1. The van der Waals surface area contributed by atoms with E-state index in [1.807, 2.05) is 0 Å². The maximum atomic E-state index is 12.6. The smallest absolute Gasteiger partial charge is 0.192 e. The molecule has 3 aliphatic carbocycles. The molecular weight excluding hydrogens is 264 g/mol. The van der Waals surface area contributed by atoms with Gasteiger partial charge in [0.1, 0.15) is 5.78 Å². The average molecular weight is 297 g/mol. The second kappa shape index (κ2) is 4.67. The summed E-state index contributed by atoms with van der Waals surface area (Å²) in [4.78, 5) is 12.6. The van der Waals surface area contributed by atoms with Gasteiger partial charge in [-0.2, -0.15) is 0 Å². The Labute approximate surface area is 125 Å². The SMILES string of the molecule is C[C@@H]1C(=O)[C@H]2CC(C)(C)[C@H]1C[C@@H]2O[Si](C)(C)C(C)(C)C. The molecule has 116 valence electrons. The van der Waals surface area contributed by atoms with Crippen molar-refractivity contribution >= 4 is 14.1 Å². The van der Waals surface area contributed by atoms with E-state index in [2.05, 4.69) is 54.6 Å². The molecule has 4 atom stereocenters. The summed E-state index contributed by atoms with van der Waals surface area (Å²) < 4.78 is 6.61. The zero-order chi connectivity index (χ0) is 15.5. The van der Waals surface area contributed by atoms with Crippen LogP contribution in [0, 0.1) is 23.2 Å². The third kappa shape index (κ3) is 2.52. The molecule has 0 N–H and O–H groups in total. The highest BCUT2D eigenvalue weighted by Gasteiger charge is 2.56. The van der Waals surface area contributed by atoms with Gasteiger partial charge in [0.25, 0.3) is 0 Å². The van der Waals surface area contributed by atoms with Crippen molar-refractivity contribution in [2.75, 3.05) is 0 Å². The van der Waals surface area contributed by atoms with Crippen molar-refractivity contribution in [3.8, 4) is 0 Å². The fourth-order valence-corrected chi connectivity index (χ4v) is 5.34. The summed E-state index contributed by atoms with van der Waals surface area (Å²) in [5.74, 6) is 1.32. The van der Waals surface area contributed by atoms with Gasteiger partial charge in [0, 0.05) is 11.8 Å². The predicted molar refractivity (Wildman–Crippen MR) is 86.2 cm³/mol. The van der Waals surface area contributed by atoms with E-state index in [-0.39, 0.29) is 23.0 Å². The van der Waals surface area contributed by atoms with Crippen LogP contribution in [0.5, 0.6) is 0 Å². The Morgan fingerprint density at radius 2 is 1.80 bits per heavy atom. The van der Waals surface area contributed by atoms with Crippen LogP contribution in [0.3, 0.4) is 0 Å². The number of carbonyl (C=O) groups excluding carboxylic acids is 1. The molecule has 0 unspecified atom stereocenters. The highest BCUT2D eigenvalue weighted by molar-refractivity contribution is 6.74. The molecule has 2 nitrogen and oxygen atoms in total. The fourth-order valence-electron chi connectivity index (χ4n) is 3.97. The van der Waals surface area contributed by atoms with Gasteiger partial charge in [0.2, 0.25) is 0 Å². The minimum Gasteiger partial charge on any atom is -0.413 e. The maximum Gasteiger partial charge on any atom is 0.192 e. The van der Waals surface area contributed by atoms with Crippen LogP contribution in [0.1, 0.15) is 54.4 Å². The van der Waals surface area contributed by atoms with Crippen molar-refractivity contribution < 1.29 is 9.22 Å². The van der Waals surface area contributed by atoms with Gasteiger partial charge in [-0.05, 0) is 42.3 Å². The van der Waals surface area contributed by atoms with E-state index in [1.54, 1.807) is 0 Å². The Morgan fingerprint density at radius 3 is 2.30 bits per heavy atom. The average Bonchev–Trinajstić information content (AvgIpc) is 2.24. The topological polar surface area (TPSA) is 26.3 Å². The van der Waals surface area contributed by atoms with Crippen LogP contribution in [0.15, 0.2) is 0 Å². The van der Waals surface area contributed by atoms with Gasteiger partial charge in [-0.1, -0.05) is 41.5 Å². The molecule has 0 radical (unpaired) electrons. The van der Waals surface area contributed by atoms with E-state index in [4.69, 9.17) is 4.43 Å². The third-order valence-corrected chi connectivity index (χ3v) is 10.9. The van der Waals surface area contributed by atoms with Crippen LogP contribution in [0.2, 0.25) is 18.1 Å². The first-order valence-corrected chi connectivity index (χ1v) is 11.0. The molecule has 0 aromatic carbocycles. The van der Waals surface area contributed by atoms with E-state index >= 15 is 0 Å². The van der Waals surface area contributed by atoms with Crippen molar-refractivity contribution in [2.45, 2.75) is 78.6 Å². The van der Waals surface area contributed by atoms with Gasteiger partial charge in [0.15, 0.2) is 8.32 Å². The third-order valence-electron chi connectivity index (χ3n) is 6.35. The predicted octanol–water partition coefficient (Wildman–Crippen LogP) is 4.65. The molecule has 3 heteroatoms. The molecule has 3 fully saturated rings. The summed E-state index contributed by atoms with van der Waals surface area (Å²) in [6.07, 6.45) is 2.27. The summed E-state index contributed by atoms with van der Waals surface area (Å²) in [5.41, 5.74) is 0.297. The van der Waals surface area contributed by atoms with Crippen molar-refractivity contribution in [2.24, 2.45) is 23.2 Å². The number of rotatable bonds is 2. The van der Waals surface area contributed by atoms with Crippen LogP contribution in [-0.2, 0) is 9.22 Å². The van der Waals surface area contributed by atoms with Crippen molar-refractivity contribution in [1.29, 1.82) is 0 Å². The molecule has 0 spiro atoms. The number of hydrogen-bond donors (Lipinski definition) is 0. The van der Waals surface area contributed by atoms with Crippen LogP contribution in [0.4, 0.5) is 0 Å². The van der Waals surface area contributed by atoms with Gasteiger partial charge in [-0.25, -0.2) is 0 Å². The summed E-state index contributed by atoms with van der Waals surface area (Å²) in [6.45, 7) is 18.2. The first-order chi connectivity index (χ1) is 8.87. The quantitative estimate of drug-likeness (QED) is 0.693. The Balaban J connectivity index is 2.20. The van der Waals surface area contributed by atoms with Crippen molar-refractivity contribution in [1.82, 2.24) is 0 Å². The molecule has 2 bridgehead atoms. The number of hydrogen-bond acceptors (Lipinski definition) is 2. The first kappa shape index (κ1) is 16.2. The van der Waals surface area contributed by atoms with Crippen molar-refractivity contribution in [3.05, 3.63) is 0 Å². The zero-order valence-corrected chi connectivity index (χ0v) is 15.5. The molecule has 3 rings (SSSR count). The van der Waals surface area contributed by atoms with Gasteiger partial charge in [-0.15, -0.1) is 0 Å². The second-order valence-corrected chi connectivity index (χ2v) is 14.0. The van der Waals surface area contributed by atoms with Crippen LogP contribution in [0.25, 0.3) is 0 Å². The standard InChI is InChI=1S/C17H32O2Si/c1-11-13-9-14(19-20(7,8)16(2,3)4)12(15(11)18)10-17(13,5)6/h11-14H,9-10H2,1-8H3/t11-,12-,13-,14-/m0/s1. The van der Waals surface area contributed by atoms with Gasteiger partial charge in [0.05, 0.1) is 6.10 Å². The highest BCUT2D eigenvalue weighted by Crippen LogP contribution is 2.55. The molecule has 20 heavy (non-hydrogen) atoms. The summed E-state index contributed by atoms with van der Waals surface area (Å²) in [7, 11) is -1.78. The lowest BCUT2D eigenvalue weighted by Gasteiger charge is -2.55. The first-order valence-electron chi connectivity index (χ1n) is 8.08. The molecule has 0 saturated heterocycles. The van der Waals surface area contributed by atoms with Gasteiger partial charge in [-0.3, -0.25) is 4.79 Å². The Morgan fingerprint density at radius 1 is 1.25 bits per heavy atom. The monoisotopic (exact) mass is 296 g/mol. The van der Waals surface area contributed by atoms with Crippen LogP contribution in [-0.4, -0.2) is 20.2 Å². The van der Waals surface area contributed by atoms with Crippen LogP contribution >= 0.6 is 0 Å². The fraction of sp³-hybridized carbons (Fsp3) is 0.941. The minimum absolute atomic E-state index is 0.138. The Hall–Kier alpha value is -0.153. The molecule has 0 aromatic rings. The molecule has 0 aliphatic heterocycles. The van der Waals surface area contributed by atoms with Gasteiger partial charge < -0.3 is 4.43 Å². The number of ketones is 1. The Bertz CT molecular complexity index is 406. The molecule has 3 saturated carbocycles. The normalized spacial score (nSPS) is 37.3. The number of fused-ring (bicyclic) bond motifs is 3. The minimum atomic E-state index is -1.78. The lowest BCUT2D eigenvalue weighted by atomic mass is 9.52. The second-order valence-electron chi connectivity index (χ2n) is 9.25. The summed E-state index contributed by atoms with van der Waals surface area (Å²) >= 11 is 0. The Kier molecular flexibility index (Phi) is 3.79. The largest absolute Gasteiger partial charge is 0.413 e. The van der Waals surface area contributed by atoms with E-state index in [1.165, 1.54) is 0 Å². The molecule has 3 aliphatic rings.